The summed E-state index contributed by atoms with van der Waals surface area (Å²) in [4.78, 5) is 22.9. The quantitative estimate of drug-likeness (QED) is 0.684. The maximum Gasteiger partial charge on any atom is 0.326 e. The van der Waals surface area contributed by atoms with Crippen LogP contribution in [0.25, 0.3) is 0 Å². The maximum absolute atomic E-state index is 11.9. The summed E-state index contributed by atoms with van der Waals surface area (Å²) in [6.07, 6.45) is 2.61. The lowest BCUT2D eigenvalue weighted by Gasteiger charge is -2.14. The fraction of sp³-hybridized carbons (Fsp3) is 0.385. The molecule has 96 valence electrons. The van der Waals surface area contributed by atoms with Crippen molar-refractivity contribution in [3.8, 4) is 0 Å². The zero-order valence-corrected chi connectivity index (χ0v) is 9.93. The molecule has 0 radical (unpaired) electrons. The van der Waals surface area contributed by atoms with E-state index in [0.717, 1.165) is 12.8 Å². The van der Waals surface area contributed by atoms with Gasteiger partial charge in [0.1, 0.15) is 6.04 Å². The lowest BCUT2D eigenvalue weighted by Crippen LogP contribution is -2.41. The second-order valence-corrected chi connectivity index (χ2v) is 4.67. The highest BCUT2D eigenvalue weighted by molar-refractivity contribution is 5.97. The normalized spacial score (nSPS) is 16.0. The van der Waals surface area contributed by atoms with Gasteiger partial charge in [-0.2, -0.15) is 0 Å². The predicted octanol–water partition coefficient (Wildman–Crippen LogP) is 1.25. The highest BCUT2D eigenvalue weighted by atomic mass is 16.4. The minimum Gasteiger partial charge on any atom is -0.480 e. The molecule has 1 aliphatic rings. The van der Waals surface area contributed by atoms with E-state index in [1.165, 1.54) is 6.07 Å². The molecule has 5 nitrogen and oxygen atoms in total. The molecule has 1 fully saturated rings. The number of nitrogen functional groups attached to an aromatic ring is 1. The Bertz CT molecular complexity index is 469. The Hall–Kier alpha value is -2.04. The minimum absolute atomic E-state index is 0.386. The van der Waals surface area contributed by atoms with E-state index in [2.05, 4.69) is 5.32 Å². The Kier molecular flexibility index (Phi) is 3.50. The van der Waals surface area contributed by atoms with Crippen LogP contribution in [0.15, 0.2) is 24.3 Å². The Morgan fingerprint density at radius 2 is 2.17 bits per heavy atom. The summed E-state index contributed by atoms with van der Waals surface area (Å²) in [6.45, 7) is 0. The first-order valence-electron chi connectivity index (χ1n) is 5.95. The van der Waals surface area contributed by atoms with Crippen molar-refractivity contribution in [2.24, 2.45) is 5.92 Å². The smallest absolute Gasteiger partial charge is 0.326 e. The molecule has 1 aliphatic carbocycles. The second-order valence-electron chi connectivity index (χ2n) is 4.67. The summed E-state index contributed by atoms with van der Waals surface area (Å²) < 4.78 is 0. The first kappa shape index (κ1) is 12.4. The molecule has 4 N–H and O–H groups in total. The van der Waals surface area contributed by atoms with Crippen molar-refractivity contribution in [1.29, 1.82) is 0 Å². The number of benzene rings is 1. The number of carboxylic acid groups (broad SMARTS) is 1. The van der Waals surface area contributed by atoms with E-state index in [4.69, 9.17) is 10.8 Å². The number of rotatable bonds is 5. The molecular formula is C13H16N2O3. The number of carboxylic acids is 1. The van der Waals surface area contributed by atoms with Crippen LogP contribution in [0.2, 0.25) is 0 Å². The van der Waals surface area contributed by atoms with Gasteiger partial charge in [0, 0.05) is 11.3 Å². The average molecular weight is 248 g/mol. The molecule has 1 atom stereocenters. The molecule has 1 saturated carbocycles. The minimum atomic E-state index is -0.987. The zero-order valence-electron chi connectivity index (χ0n) is 9.93. The van der Waals surface area contributed by atoms with Crippen molar-refractivity contribution < 1.29 is 14.7 Å². The van der Waals surface area contributed by atoms with Crippen molar-refractivity contribution in [1.82, 2.24) is 5.32 Å². The van der Waals surface area contributed by atoms with E-state index >= 15 is 0 Å². The van der Waals surface area contributed by atoms with Crippen LogP contribution in [-0.4, -0.2) is 23.0 Å². The van der Waals surface area contributed by atoms with Gasteiger partial charge in [-0.05, 0) is 30.5 Å². The van der Waals surface area contributed by atoms with Gasteiger partial charge in [0.15, 0.2) is 0 Å². The molecule has 0 aromatic heterocycles. The van der Waals surface area contributed by atoms with Gasteiger partial charge in [-0.25, -0.2) is 4.79 Å². The van der Waals surface area contributed by atoms with Crippen LogP contribution in [-0.2, 0) is 4.79 Å². The number of aliphatic carboxylic acids is 1. The third kappa shape index (κ3) is 3.23. The molecule has 0 spiro atoms. The van der Waals surface area contributed by atoms with Crippen molar-refractivity contribution in [2.45, 2.75) is 25.3 Å². The van der Waals surface area contributed by atoms with Crippen LogP contribution in [0.3, 0.4) is 0 Å². The molecule has 1 aromatic carbocycles. The molecule has 0 saturated heterocycles. The van der Waals surface area contributed by atoms with Gasteiger partial charge in [0.05, 0.1) is 0 Å². The number of hydrogen-bond donors (Lipinski definition) is 3. The number of anilines is 1. The van der Waals surface area contributed by atoms with Crippen LogP contribution in [0, 0.1) is 5.92 Å². The molecule has 18 heavy (non-hydrogen) atoms. The zero-order chi connectivity index (χ0) is 13.1. The molecule has 2 rings (SSSR count). The molecule has 0 aliphatic heterocycles. The van der Waals surface area contributed by atoms with Crippen LogP contribution >= 0.6 is 0 Å². The van der Waals surface area contributed by atoms with Crippen LogP contribution < -0.4 is 11.1 Å². The summed E-state index contributed by atoms with van der Waals surface area (Å²) >= 11 is 0. The van der Waals surface area contributed by atoms with E-state index in [0.29, 0.717) is 23.6 Å². The topological polar surface area (TPSA) is 92.4 Å². The van der Waals surface area contributed by atoms with Gasteiger partial charge in [0.2, 0.25) is 0 Å². The fourth-order valence-electron chi connectivity index (χ4n) is 1.83. The third-order valence-electron chi connectivity index (χ3n) is 3.02. The second kappa shape index (κ2) is 5.08. The van der Waals surface area contributed by atoms with Crippen LogP contribution in [0.1, 0.15) is 29.6 Å². The Morgan fingerprint density at radius 3 is 2.72 bits per heavy atom. The predicted molar refractivity (Wildman–Crippen MR) is 67.1 cm³/mol. The number of hydrogen-bond acceptors (Lipinski definition) is 3. The Labute approximate surface area is 105 Å². The summed E-state index contributed by atoms with van der Waals surface area (Å²) in [7, 11) is 0. The SMILES string of the molecule is Nc1cccc(C(=O)N[C@@H](CC2CC2)C(=O)O)c1. The molecule has 5 heteroatoms. The standard InChI is InChI=1S/C13H16N2O3/c14-10-3-1-2-9(7-10)12(16)15-11(13(17)18)6-8-4-5-8/h1-3,7-8,11H,4-6,14H2,(H,15,16)(H,17,18)/t11-/m0/s1. The first-order chi connectivity index (χ1) is 8.56. The highest BCUT2D eigenvalue weighted by Crippen LogP contribution is 2.33. The van der Waals surface area contributed by atoms with Crippen LogP contribution in [0.5, 0.6) is 0 Å². The van der Waals surface area contributed by atoms with E-state index < -0.39 is 17.9 Å². The van der Waals surface area contributed by atoms with Gasteiger partial charge in [0.25, 0.3) is 5.91 Å². The molecule has 0 heterocycles. The van der Waals surface area contributed by atoms with Crippen molar-refractivity contribution >= 4 is 17.6 Å². The number of carbonyl (C=O) groups excluding carboxylic acids is 1. The van der Waals surface area contributed by atoms with Gasteiger partial charge in [-0.15, -0.1) is 0 Å². The molecule has 0 unspecified atom stereocenters. The van der Waals surface area contributed by atoms with Crippen molar-refractivity contribution in [3.05, 3.63) is 29.8 Å². The fourth-order valence-corrected chi connectivity index (χ4v) is 1.83. The lowest BCUT2D eigenvalue weighted by molar-refractivity contribution is -0.139. The Balaban J connectivity index is 2.01. The van der Waals surface area contributed by atoms with Gasteiger partial charge in [-0.1, -0.05) is 18.9 Å². The van der Waals surface area contributed by atoms with E-state index in [9.17, 15) is 9.59 Å². The molecule has 1 amide bonds. The summed E-state index contributed by atoms with van der Waals surface area (Å²) in [5.74, 6) is -0.943. The Morgan fingerprint density at radius 1 is 1.44 bits per heavy atom. The maximum atomic E-state index is 11.9. The van der Waals surface area contributed by atoms with E-state index in [-0.39, 0.29) is 0 Å². The summed E-state index contributed by atoms with van der Waals surface area (Å²) in [5, 5.41) is 11.6. The van der Waals surface area contributed by atoms with Gasteiger partial charge >= 0.3 is 5.97 Å². The van der Waals surface area contributed by atoms with Gasteiger partial charge in [-0.3, -0.25) is 4.79 Å². The van der Waals surface area contributed by atoms with Gasteiger partial charge < -0.3 is 16.2 Å². The van der Waals surface area contributed by atoms with Crippen LogP contribution in [0.4, 0.5) is 5.69 Å². The molecule has 1 aromatic rings. The number of amides is 1. The average Bonchev–Trinajstić information content (AvgIpc) is 3.12. The number of nitrogens with two attached hydrogens (primary N) is 1. The highest BCUT2D eigenvalue weighted by Gasteiger charge is 2.30. The molecular weight excluding hydrogens is 232 g/mol. The van der Waals surface area contributed by atoms with Crippen molar-refractivity contribution in [2.75, 3.05) is 5.73 Å². The largest absolute Gasteiger partial charge is 0.480 e. The lowest BCUT2D eigenvalue weighted by atomic mass is 10.1. The number of nitrogens with one attached hydrogen (secondary N) is 1. The van der Waals surface area contributed by atoms with E-state index in [1.807, 2.05) is 0 Å². The van der Waals surface area contributed by atoms with E-state index in [1.54, 1.807) is 18.2 Å². The molecule has 0 bridgehead atoms. The van der Waals surface area contributed by atoms with Crippen molar-refractivity contribution in [3.63, 3.8) is 0 Å². The summed E-state index contributed by atoms with van der Waals surface area (Å²) in [5.41, 5.74) is 6.45. The third-order valence-corrected chi connectivity index (χ3v) is 3.02. The monoisotopic (exact) mass is 248 g/mol. The number of carbonyl (C=O) groups is 2. The summed E-state index contributed by atoms with van der Waals surface area (Å²) in [6, 6.07) is 5.68. The first-order valence-corrected chi connectivity index (χ1v) is 5.95.